The van der Waals surface area contributed by atoms with Crippen molar-refractivity contribution in [2.75, 3.05) is 11.4 Å². The second kappa shape index (κ2) is 11.2. The van der Waals surface area contributed by atoms with Gasteiger partial charge in [-0.3, -0.25) is 9.36 Å². The molecule has 1 N–H and O–H groups in total. The summed E-state index contributed by atoms with van der Waals surface area (Å²) in [4.78, 5) is 28.0. The standard InChI is InChI=1S/C34H23ClF3N3O3/c35-30-27(16-23-10-4-9-22-8-1-2-13-26(22)23)29(24-11-5-12-25(15-24)34(36,37)38)31-40(18-21-7-3-6-20(14-21)17-39)19-28(33(43)44)41(31)32(30)42/h1-15,28H,16,18-19H2,(H,43,44). The van der Waals surface area contributed by atoms with Crippen LogP contribution in [-0.4, -0.2) is 22.2 Å². The van der Waals surface area contributed by atoms with E-state index < -0.39 is 29.3 Å². The summed E-state index contributed by atoms with van der Waals surface area (Å²) in [7, 11) is 0. The first-order valence-electron chi connectivity index (χ1n) is 13.6. The van der Waals surface area contributed by atoms with Crippen molar-refractivity contribution in [1.82, 2.24) is 4.57 Å². The zero-order valence-corrected chi connectivity index (χ0v) is 23.7. The molecular formula is C34H23ClF3N3O3. The van der Waals surface area contributed by atoms with Crippen LogP contribution in [0.2, 0.25) is 5.02 Å². The van der Waals surface area contributed by atoms with Crippen LogP contribution in [0.3, 0.4) is 0 Å². The quantitative estimate of drug-likeness (QED) is 0.215. The number of aliphatic carboxylic acids is 1. The molecule has 1 unspecified atom stereocenters. The number of rotatable bonds is 6. The molecule has 0 saturated heterocycles. The zero-order valence-electron chi connectivity index (χ0n) is 23.0. The van der Waals surface area contributed by atoms with Crippen LogP contribution < -0.4 is 10.5 Å². The van der Waals surface area contributed by atoms with Gasteiger partial charge in [0.05, 0.1) is 23.7 Å². The summed E-state index contributed by atoms with van der Waals surface area (Å²) in [5.41, 5.74) is 0.885. The summed E-state index contributed by atoms with van der Waals surface area (Å²) in [6, 6.07) is 25.4. The SMILES string of the molecule is N#Cc1cccc(CN2CC(C(=O)O)n3c2c(-c2cccc(C(F)(F)F)c2)c(Cc2cccc4ccccc24)c(Cl)c3=O)c1. The summed E-state index contributed by atoms with van der Waals surface area (Å²) in [5.74, 6) is -1.13. The Bertz CT molecular complexity index is 2040. The summed E-state index contributed by atoms with van der Waals surface area (Å²) < 4.78 is 42.9. The van der Waals surface area contributed by atoms with Crippen molar-refractivity contribution in [2.45, 2.75) is 25.2 Å². The van der Waals surface area contributed by atoms with Gasteiger partial charge in [-0.2, -0.15) is 18.4 Å². The Balaban J connectivity index is 1.65. The van der Waals surface area contributed by atoms with Crippen LogP contribution >= 0.6 is 11.6 Å². The Kier molecular flexibility index (Phi) is 7.39. The second-order valence-electron chi connectivity index (χ2n) is 10.6. The van der Waals surface area contributed by atoms with Gasteiger partial charge in [0.15, 0.2) is 6.04 Å². The van der Waals surface area contributed by atoms with Crippen LogP contribution in [0.15, 0.2) is 95.8 Å². The summed E-state index contributed by atoms with van der Waals surface area (Å²) in [5, 5.41) is 21.1. The molecule has 2 heterocycles. The fourth-order valence-electron chi connectivity index (χ4n) is 5.92. The number of carboxylic acid groups (broad SMARTS) is 1. The highest BCUT2D eigenvalue weighted by molar-refractivity contribution is 6.32. The van der Waals surface area contributed by atoms with Gasteiger partial charge in [0, 0.05) is 18.5 Å². The fraction of sp³-hybridized carbons (Fsp3) is 0.147. The van der Waals surface area contributed by atoms with E-state index in [-0.39, 0.29) is 41.5 Å². The number of pyridine rings is 1. The van der Waals surface area contributed by atoms with Gasteiger partial charge < -0.3 is 10.0 Å². The lowest BCUT2D eigenvalue weighted by atomic mass is 9.92. The van der Waals surface area contributed by atoms with Crippen molar-refractivity contribution in [2.24, 2.45) is 0 Å². The number of benzene rings is 4. The minimum atomic E-state index is -4.65. The molecule has 6 nitrogen and oxygen atoms in total. The highest BCUT2D eigenvalue weighted by Gasteiger charge is 2.39. The molecule has 1 atom stereocenters. The predicted octanol–water partition coefficient (Wildman–Crippen LogP) is 7.45. The first-order valence-corrected chi connectivity index (χ1v) is 14.0. The molecule has 1 aliphatic rings. The van der Waals surface area contributed by atoms with E-state index in [9.17, 15) is 33.1 Å². The number of fused-ring (bicyclic) bond motifs is 2. The van der Waals surface area contributed by atoms with Gasteiger partial charge >= 0.3 is 12.1 Å². The number of carbonyl (C=O) groups is 1. The van der Waals surface area contributed by atoms with Crippen LogP contribution in [0.4, 0.5) is 19.0 Å². The third-order valence-electron chi connectivity index (χ3n) is 7.87. The topological polar surface area (TPSA) is 86.3 Å². The normalized spacial score (nSPS) is 14.4. The first-order chi connectivity index (χ1) is 21.1. The smallest absolute Gasteiger partial charge is 0.416 e. The minimum Gasteiger partial charge on any atom is -0.480 e. The number of hydrogen-bond donors (Lipinski definition) is 1. The van der Waals surface area contributed by atoms with Crippen LogP contribution in [0.5, 0.6) is 0 Å². The second-order valence-corrected chi connectivity index (χ2v) is 11.0. The Morgan fingerprint density at radius 3 is 2.48 bits per heavy atom. The van der Waals surface area contributed by atoms with Crippen molar-refractivity contribution in [3.05, 3.63) is 134 Å². The van der Waals surface area contributed by atoms with Gasteiger partial charge in [-0.15, -0.1) is 0 Å². The molecule has 0 aliphatic carbocycles. The lowest BCUT2D eigenvalue weighted by Gasteiger charge is -2.25. The van der Waals surface area contributed by atoms with E-state index in [1.807, 2.05) is 42.5 Å². The number of anilines is 1. The van der Waals surface area contributed by atoms with E-state index in [2.05, 4.69) is 6.07 Å². The van der Waals surface area contributed by atoms with Gasteiger partial charge in [0.1, 0.15) is 10.8 Å². The molecule has 0 saturated carbocycles. The summed E-state index contributed by atoms with van der Waals surface area (Å²) >= 11 is 6.78. The average molecular weight is 614 g/mol. The number of carboxylic acids is 1. The fourth-order valence-corrected chi connectivity index (χ4v) is 6.17. The Labute approximate surface area is 254 Å². The van der Waals surface area contributed by atoms with Gasteiger partial charge in [0.2, 0.25) is 0 Å². The third kappa shape index (κ3) is 5.18. The van der Waals surface area contributed by atoms with Crippen molar-refractivity contribution >= 4 is 34.2 Å². The molecule has 0 bridgehead atoms. The molecule has 0 radical (unpaired) electrons. The molecule has 0 amide bonds. The molecule has 44 heavy (non-hydrogen) atoms. The van der Waals surface area contributed by atoms with Crippen LogP contribution in [-0.2, 0) is 23.9 Å². The number of halogens is 4. The summed E-state index contributed by atoms with van der Waals surface area (Å²) in [6.45, 7) is -0.0403. The molecule has 1 aliphatic heterocycles. The number of aromatic nitrogens is 1. The largest absolute Gasteiger partial charge is 0.480 e. The molecule has 0 spiro atoms. The van der Waals surface area contributed by atoms with Crippen molar-refractivity contribution in [3.8, 4) is 17.2 Å². The van der Waals surface area contributed by atoms with Crippen LogP contribution in [0.1, 0.15) is 33.9 Å². The van der Waals surface area contributed by atoms with E-state index in [1.165, 1.54) is 12.1 Å². The lowest BCUT2D eigenvalue weighted by molar-refractivity contribution is -0.140. The Morgan fingerprint density at radius 1 is 1.00 bits per heavy atom. The van der Waals surface area contributed by atoms with Crippen molar-refractivity contribution < 1.29 is 23.1 Å². The maximum Gasteiger partial charge on any atom is 0.416 e. The molecule has 10 heteroatoms. The Hall–Kier alpha value is -5.07. The van der Waals surface area contributed by atoms with Crippen LogP contribution in [0, 0.1) is 11.3 Å². The Morgan fingerprint density at radius 2 is 1.73 bits per heavy atom. The molecule has 6 rings (SSSR count). The summed E-state index contributed by atoms with van der Waals surface area (Å²) in [6.07, 6.45) is -4.55. The van der Waals surface area contributed by atoms with E-state index >= 15 is 0 Å². The van der Waals surface area contributed by atoms with E-state index in [4.69, 9.17) is 11.6 Å². The highest BCUT2D eigenvalue weighted by Crippen LogP contribution is 2.44. The third-order valence-corrected chi connectivity index (χ3v) is 8.26. The zero-order chi connectivity index (χ0) is 31.2. The maximum absolute atomic E-state index is 13.9. The van der Waals surface area contributed by atoms with Crippen LogP contribution in [0.25, 0.3) is 21.9 Å². The molecule has 0 fully saturated rings. The molecule has 5 aromatic rings. The first kappa shape index (κ1) is 29.0. The van der Waals surface area contributed by atoms with Gasteiger partial charge in [-0.25, -0.2) is 4.79 Å². The van der Waals surface area contributed by atoms with E-state index in [0.29, 0.717) is 16.7 Å². The minimum absolute atomic E-state index is 0.0973. The molecular weight excluding hydrogens is 591 g/mol. The highest BCUT2D eigenvalue weighted by atomic mass is 35.5. The molecule has 1 aromatic heterocycles. The van der Waals surface area contributed by atoms with Crippen molar-refractivity contribution in [1.29, 1.82) is 5.26 Å². The maximum atomic E-state index is 13.9. The lowest BCUT2D eigenvalue weighted by Crippen LogP contribution is -2.29. The number of nitrogens with zero attached hydrogens (tertiary/aromatic N) is 3. The van der Waals surface area contributed by atoms with E-state index in [0.717, 1.165) is 33.0 Å². The van der Waals surface area contributed by atoms with E-state index in [1.54, 1.807) is 29.2 Å². The van der Waals surface area contributed by atoms with Gasteiger partial charge in [0.25, 0.3) is 5.56 Å². The molecule has 4 aromatic carbocycles. The van der Waals surface area contributed by atoms with Gasteiger partial charge in [-0.05, 0) is 57.3 Å². The number of nitriles is 1. The monoisotopic (exact) mass is 613 g/mol. The number of alkyl halides is 3. The van der Waals surface area contributed by atoms with Gasteiger partial charge in [-0.1, -0.05) is 78.3 Å². The molecule has 220 valence electrons. The average Bonchev–Trinajstić information content (AvgIpc) is 3.39. The van der Waals surface area contributed by atoms with Crippen molar-refractivity contribution in [3.63, 3.8) is 0 Å². The predicted molar refractivity (Wildman–Crippen MR) is 162 cm³/mol. The number of hydrogen-bond acceptors (Lipinski definition) is 4.